The van der Waals surface area contributed by atoms with Crippen molar-refractivity contribution in [3.05, 3.63) is 163 Å². The van der Waals surface area contributed by atoms with E-state index >= 15 is 0 Å². The standard InChI is InChI=1S/C40H31NSSi/c1-29-40(37-20-12-13-21-39(37)42-29)36-27-24-31(28-38(36)41-2)30-22-25-35(26-23-30)43(32-14-6-3-7-15-32,33-16-8-4-9-17-33)34-18-10-5-11-19-34/h3-28H,2H2,1H3. The van der Waals surface area contributed by atoms with E-state index < -0.39 is 8.07 Å². The van der Waals surface area contributed by atoms with E-state index in [-0.39, 0.29) is 0 Å². The first-order valence-electron chi connectivity index (χ1n) is 14.6. The van der Waals surface area contributed by atoms with Crippen LogP contribution in [0.5, 0.6) is 0 Å². The van der Waals surface area contributed by atoms with Crippen LogP contribution >= 0.6 is 11.3 Å². The van der Waals surface area contributed by atoms with E-state index in [1.165, 1.54) is 46.8 Å². The monoisotopic (exact) mass is 585 g/mol. The minimum Gasteiger partial charge on any atom is -0.264 e. The summed E-state index contributed by atoms with van der Waals surface area (Å²) in [6, 6.07) is 57.6. The molecule has 0 radical (unpaired) electrons. The van der Waals surface area contributed by atoms with Crippen molar-refractivity contribution in [3.8, 4) is 22.3 Å². The lowest BCUT2D eigenvalue weighted by molar-refractivity contribution is 1.51. The highest BCUT2D eigenvalue weighted by Crippen LogP contribution is 2.43. The van der Waals surface area contributed by atoms with Crippen LogP contribution < -0.4 is 20.7 Å². The summed E-state index contributed by atoms with van der Waals surface area (Å²) in [5, 5.41) is 6.76. The van der Waals surface area contributed by atoms with Crippen molar-refractivity contribution in [3.63, 3.8) is 0 Å². The van der Waals surface area contributed by atoms with Crippen LogP contribution in [0.1, 0.15) is 4.88 Å². The number of hydrogen-bond acceptors (Lipinski definition) is 2. The van der Waals surface area contributed by atoms with Gasteiger partial charge in [0, 0.05) is 26.1 Å². The van der Waals surface area contributed by atoms with Crippen molar-refractivity contribution >= 4 is 62.6 Å². The molecule has 0 fully saturated rings. The molecule has 3 heteroatoms. The molecule has 6 aromatic carbocycles. The van der Waals surface area contributed by atoms with Crippen LogP contribution in [0.25, 0.3) is 32.3 Å². The fourth-order valence-corrected chi connectivity index (χ4v) is 12.4. The second-order valence-electron chi connectivity index (χ2n) is 10.8. The van der Waals surface area contributed by atoms with Crippen molar-refractivity contribution in [1.82, 2.24) is 0 Å². The smallest absolute Gasteiger partial charge is 0.179 e. The molecule has 1 nitrogen and oxygen atoms in total. The first-order chi connectivity index (χ1) is 21.2. The summed E-state index contributed by atoms with van der Waals surface area (Å²) in [6.45, 7) is 6.15. The second-order valence-corrected chi connectivity index (χ2v) is 15.9. The van der Waals surface area contributed by atoms with Crippen molar-refractivity contribution in [1.29, 1.82) is 0 Å². The van der Waals surface area contributed by atoms with E-state index in [4.69, 9.17) is 0 Å². The lowest BCUT2D eigenvalue weighted by Crippen LogP contribution is -2.74. The Morgan fingerprint density at radius 2 is 1.02 bits per heavy atom. The highest BCUT2D eigenvalue weighted by atomic mass is 32.1. The summed E-state index contributed by atoms with van der Waals surface area (Å²) in [5.74, 6) is 0. The molecule has 1 aromatic heterocycles. The van der Waals surface area contributed by atoms with Crippen molar-refractivity contribution in [2.24, 2.45) is 4.99 Å². The van der Waals surface area contributed by atoms with Gasteiger partial charge in [-0.2, -0.15) is 0 Å². The average molecular weight is 586 g/mol. The van der Waals surface area contributed by atoms with Gasteiger partial charge in [0.2, 0.25) is 0 Å². The summed E-state index contributed by atoms with van der Waals surface area (Å²) in [7, 11) is -2.55. The van der Waals surface area contributed by atoms with Gasteiger partial charge in [0.05, 0.1) is 5.69 Å². The highest BCUT2D eigenvalue weighted by molar-refractivity contribution is 7.20. The van der Waals surface area contributed by atoms with E-state index in [1.54, 1.807) is 0 Å². The van der Waals surface area contributed by atoms with Gasteiger partial charge in [-0.25, -0.2) is 0 Å². The van der Waals surface area contributed by atoms with Crippen LogP contribution in [-0.2, 0) is 0 Å². The number of rotatable bonds is 7. The summed E-state index contributed by atoms with van der Waals surface area (Å²) in [6.07, 6.45) is 0. The van der Waals surface area contributed by atoms with E-state index in [0.29, 0.717) is 0 Å². The zero-order chi connectivity index (χ0) is 29.2. The minimum absolute atomic E-state index is 0.912. The second kappa shape index (κ2) is 11.4. The van der Waals surface area contributed by atoms with Gasteiger partial charge in [-0.15, -0.1) is 11.3 Å². The fraction of sp³-hybridized carbons (Fsp3) is 0.0250. The number of hydrogen-bond donors (Lipinski definition) is 0. The molecule has 43 heavy (non-hydrogen) atoms. The molecule has 0 bridgehead atoms. The molecule has 0 saturated heterocycles. The molecule has 7 rings (SSSR count). The molecule has 1 heterocycles. The summed E-state index contributed by atoms with van der Waals surface area (Å²) in [5.41, 5.74) is 5.61. The lowest BCUT2D eigenvalue weighted by Gasteiger charge is -2.34. The predicted octanol–water partition coefficient (Wildman–Crippen LogP) is 8.25. The zero-order valence-corrected chi connectivity index (χ0v) is 25.9. The Morgan fingerprint density at radius 3 is 1.58 bits per heavy atom. The molecule has 0 N–H and O–H groups in total. The molecule has 0 amide bonds. The van der Waals surface area contributed by atoms with E-state index in [2.05, 4.69) is 176 Å². The Balaban J connectivity index is 1.36. The largest absolute Gasteiger partial charge is 0.264 e. The van der Waals surface area contributed by atoms with E-state index in [9.17, 15) is 0 Å². The van der Waals surface area contributed by atoms with Gasteiger partial charge in [-0.1, -0.05) is 146 Å². The summed E-state index contributed by atoms with van der Waals surface area (Å²) < 4.78 is 1.30. The Morgan fingerprint density at radius 1 is 0.535 bits per heavy atom. The van der Waals surface area contributed by atoms with Gasteiger partial charge in [-0.3, -0.25) is 4.99 Å². The quantitative estimate of drug-likeness (QED) is 0.101. The molecular formula is C40H31NSSi. The fourth-order valence-electron chi connectivity index (χ4n) is 6.53. The molecule has 0 aliphatic carbocycles. The predicted molar refractivity (Wildman–Crippen MR) is 190 cm³/mol. The van der Waals surface area contributed by atoms with Gasteiger partial charge >= 0.3 is 0 Å². The molecule has 206 valence electrons. The van der Waals surface area contributed by atoms with Crippen LogP contribution in [0.4, 0.5) is 5.69 Å². The third kappa shape index (κ3) is 4.67. The lowest BCUT2D eigenvalue weighted by atomic mass is 9.96. The number of aliphatic imine (C=N–C) groups is 1. The molecular weight excluding hydrogens is 555 g/mol. The van der Waals surface area contributed by atoms with Gasteiger partial charge in [0.1, 0.15) is 0 Å². The van der Waals surface area contributed by atoms with Gasteiger partial charge in [-0.05, 0) is 57.6 Å². The first-order valence-corrected chi connectivity index (χ1v) is 17.4. The Kier molecular flexibility index (Phi) is 7.20. The Bertz CT molecular complexity index is 1930. The number of benzene rings is 6. The third-order valence-corrected chi connectivity index (χ3v) is 14.4. The minimum atomic E-state index is -2.55. The van der Waals surface area contributed by atoms with E-state index in [0.717, 1.165) is 16.8 Å². The van der Waals surface area contributed by atoms with Gasteiger partial charge < -0.3 is 0 Å². The first kappa shape index (κ1) is 27.0. The van der Waals surface area contributed by atoms with Crippen LogP contribution in [0, 0.1) is 6.92 Å². The summed E-state index contributed by atoms with van der Waals surface area (Å²) in [4.78, 5) is 5.80. The normalized spacial score (nSPS) is 11.5. The molecule has 7 aromatic rings. The average Bonchev–Trinajstić information content (AvgIpc) is 3.42. The number of aryl methyl sites for hydroxylation is 1. The molecule has 0 spiro atoms. The topological polar surface area (TPSA) is 12.4 Å². The highest BCUT2D eigenvalue weighted by Gasteiger charge is 2.41. The number of thiophene rings is 1. The maximum atomic E-state index is 4.50. The van der Waals surface area contributed by atoms with Crippen LogP contribution in [-0.4, -0.2) is 14.8 Å². The van der Waals surface area contributed by atoms with Crippen LogP contribution in [0.2, 0.25) is 0 Å². The third-order valence-electron chi connectivity index (χ3n) is 8.48. The number of nitrogens with zero attached hydrogens (tertiary/aromatic N) is 1. The van der Waals surface area contributed by atoms with Crippen LogP contribution in [0.3, 0.4) is 0 Å². The molecule has 0 aliphatic rings. The number of fused-ring (bicyclic) bond motifs is 1. The molecule has 0 unspecified atom stereocenters. The Labute approximate surface area is 258 Å². The maximum absolute atomic E-state index is 4.50. The van der Waals surface area contributed by atoms with Crippen molar-refractivity contribution in [2.75, 3.05) is 0 Å². The van der Waals surface area contributed by atoms with Crippen LogP contribution in [0.15, 0.2) is 163 Å². The zero-order valence-electron chi connectivity index (χ0n) is 24.1. The van der Waals surface area contributed by atoms with Crippen molar-refractivity contribution < 1.29 is 0 Å². The maximum Gasteiger partial charge on any atom is 0.179 e. The summed E-state index contributed by atoms with van der Waals surface area (Å²) >= 11 is 1.83. The van der Waals surface area contributed by atoms with E-state index in [1.807, 2.05) is 11.3 Å². The van der Waals surface area contributed by atoms with Crippen molar-refractivity contribution in [2.45, 2.75) is 6.92 Å². The molecule has 0 saturated carbocycles. The van der Waals surface area contributed by atoms with Gasteiger partial charge in [0.25, 0.3) is 0 Å². The SMILES string of the molecule is C=Nc1cc(-c2ccc([Si](c3ccccc3)(c3ccccc3)c3ccccc3)cc2)ccc1-c1c(C)sc2ccccc12. The molecule has 0 aliphatic heterocycles. The molecule has 0 atom stereocenters. The Hall–Kier alpha value is -4.83. The van der Waals surface area contributed by atoms with Gasteiger partial charge in [0.15, 0.2) is 8.07 Å².